The first kappa shape index (κ1) is 17.4. The molecule has 25 heavy (non-hydrogen) atoms. The first-order chi connectivity index (χ1) is 11.7. The van der Waals surface area contributed by atoms with Crippen molar-refractivity contribution in [1.29, 1.82) is 0 Å². The molecule has 2 heterocycles. The maximum absolute atomic E-state index is 6.01. The summed E-state index contributed by atoms with van der Waals surface area (Å²) in [6.45, 7) is 0. The number of fused-ring (bicyclic) bond motifs is 3. The number of aromatic nitrogens is 2. The third-order valence-corrected chi connectivity index (χ3v) is 4.15. The van der Waals surface area contributed by atoms with E-state index in [1.165, 1.54) is 5.39 Å². The van der Waals surface area contributed by atoms with Crippen LogP contribution in [-0.4, -0.2) is 4.98 Å². The number of hydrogen-bond donors (Lipinski definition) is 1. The van der Waals surface area contributed by atoms with Gasteiger partial charge in [0.2, 0.25) is 0 Å². The number of pyridine rings is 2. The van der Waals surface area contributed by atoms with E-state index >= 15 is 0 Å². The van der Waals surface area contributed by atoms with E-state index in [-0.39, 0.29) is 24.0 Å². The van der Waals surface area contributed by atoms with Crippen LogP contribution >= 0.6 is 0 Å². The number of rotatable bonds is 2. The maximum Gasteiger partial charge on any atom is 0.175 e. The molecule has 0 amide bonds. The third kappa shape index (κ3) is 3.49. The molecule has 0 radical (unpaired) electrons. The molecule has 4 aromatic rings. The molecular formula is C21H18IN3. The van der Waals surface area contributed by atoms with Gasteiger partial charge in [0, 0.05) is 28.1 Å². The van der Waals surface area contributed by atoms with Crippen LogP contribution in [0.5, 0.6) is 0 Å². The van der Waals surface area contributed by atoms with Gasteiger partial charge in [0.25, 0.3) is 0 Å². The van der Waals surface area contributed by atoms with Crippen molar-refractivity contribution >= 4 is 39.5 Å². The van der Waals surface area contributed by atoms with Crippen molar-refractivity contribution in [3.8, 4) is 0 Å². The molecule has 2 N–H and O–H groups in total. The van der Waals surface area contributed by atoms with Crippen LogP contribution < -0.4 is 34.3 Å². The van der Waals surface area contributed by atoms with Crippen LogP contribution in [0.2, 0.25) is 0 Å². The predicted molar refractivity (Wildman–Crippen MR) is 100 cm³/mol. The predicted octanol–water partition coefficient (Wildman–Crippen LogP) is 0.969. The standard InChI is InChI=1S/C21H18N3.HI/c1-24-12-4-5-15(14-24)8-11-21-19-13-16(22)9-10-17(19)18-6-2-3-7-20(18)23-21;/h2-14H,22H2,1H3;1H/q+1;/p-1/b11-8+;. The van der Waals surface area contributed by atoms with Crippen LogP contribution in [0, 0.1) is 0 Å². The SMILES string of the molecule is C[n+]1cccc(/C=C/c2nc3ccccc3c3ccc(N)cc23)c1.[I-]. The van der Waals surface area contributed by atoms with E-state index in [0.29, 0.717) is 0 Å². The molecule has 3 nitrogen and oxygen atoms in total. The Bertz CT molecular complexity index is 1090. The maximum atomic E-state index is 6.01. The van der Waals surface area contributed by atoms with Crippen LogP contribution in [0.25, 0.3) is 33.8 Å². The van der Waals surface area contributed by atoms with Crippen LogP contribution in [0.15, 0.2) is 67.0 Å². The highest BCUT2D eigenvalue weighted by molar-refractivity contribution is 6.09. The van der Waals surface area contributed by atoms with Gasteiger partial charge in [-0.15, -0.1) is 0 Å². The quantitative estimate of drug-likeness (QED) is 0.219. The lowest BCUT2D eigenvalue weighted by atomic mass is 10.0. The van der Waals surface area contributed by atoms with Gasteiger partial charge < -0.3 is 29.7 Å². The number of aryl methyl sites for hydroxylation is 1. The molecule has 2 aromatic carbocycles. The summed E-state index contributed by atoms with van der Waals surface area (Å²) in [6.07, 6.45) is 8.24. The van der Waals surface area contributed by atoms with Crippen molar-refractivity contribution in [2.75, 3.05) is 5.73 Å². The number of nitrogens with zero attached hydrogens (tertiary/aromatic N) is 2. The molecule has 2 aromatic heterocycles. The van der Waals surface area contributed by atoms with E-state index in [9.17, 15) is 0 Å². The average molecular weight is 439 g/mol. The van der Waals surface area contributed by atoms with Crippen LogP contribution in [0.1, 0.15) is 11.3 Å². The van der Waals surface area contributed by atoms with Crippen molar-refractivity contribution in [2.24, 2.45) is 7.05 Å². The monoisotopic (exact) mass is 439 g/mol. The molecule has 0 bridgehead atoms. The lowest BCUT2D eigenvalue weighted by Gasteiger charge is -2.08. The second kappa shape index (κ2) is 7.19. The molecule has 124 valence electrons. The molecule has 0 saturated heterocycles. The fraction of sp³-hybridized carbons (Fsp3) is 0.0476. The van der Waals surface area contributed by atoms with Crippen molar-refractivity contribution in [2.45, 2.75) is 0 Å². The molecule has 4 rings (SSSR count). The van der Waals surface area contributed by atoms with Gasteiger partial charge >= 0.3 is 0 Å². The molecule has 4 heteroatoms. The number of anilines is 1. The van der Waals surface area contributed by atoms with Crippen LogP contribution in [0.4, 0.5) is 5.69 Å². The van der Waals surface area contributed by atoms with Gasteiger partial charge in [0.05, 0.1) is 11.2 Å². The van der Waals surface area contributed by atoms with E-state index in [4.69, 9.17) is 10.7 Å². The Morgan fingerprint density at radius 3 is 2.60 bits per heavy atom. The third-order valence-electron chi connectivity index (χ3n) is 4.15. The molecule has 0 saturated carbocycles. The molecule has 0 aliphatic rings. The Hall–Kier alpha value is -2.47. The zero-order valence-corrected chi connectivity index (χ0v) is 16.0. The highest BCUT2D eigenvalue weighted by Gasteiger charge is 2.07. The van der Waals surface area contributed by atoms with E-state index in [1.807, 2.05) is 54.2 Å². The van der Waals surface area contributed by atoms with Gasteiger partial charge in [0.15, 0.2) is 12.4 Å². The topological polar surface area (TPSA) is 42.8 Å². The molecule has 0 atom stereocenters. The zero-order valence-electron chi connectivity index (χ0n) is 13.9. The lowest BCUT2D eigenvalue weighted by molar-refractivity contribution is -0.671. The van der Waals surface area contributed by atoms with Gasteiger partial charge in [-0.1, -0.05) is 24.3 Å². The van der Waals surface area contributed by atoms with Gasteiger partial charge in [-0.2, -0.15) is 0 Å². The van der Waals surface area contributed by atoms with Crippen molar-refractivity contribution in [1.82, 2.24) is 4.98 Å². The minimum Gasteiger partial charge on any atom is -1.00 e. The Balaban J connectivity index is 0.00000182. The van der Waals surface area contributed by atoms with Gasteiger partial charge in [-0.25, -0.2) is 9.55 Å². The molecule has 0 fully saturated rings. The van der Waals surface area contributed by atoms with Gasteiger partial charge in [-0.05, 0) is 41.8 Å². The summed E-state index contributed by atoms with van der Waals surface area (Å²) in [5, 5.41) is 3.40. The normalized spacial score (nSPS) is 11.1. The largest absolute Gasteiger partial charge is 1.00 e. The van der Waals surface area contributed by atoms with Gasteiger partial charge in [0.1, 0.15) is 7.05 Å². The summed E-state index contributed by atoms with van der Waals surface area (Å²) in [5.74, 6) is 0. The first-order valence-corrected chi connectivity index (χ1v) is 7.92. The fourth-order valence-electron chi connectivity index (χ4n) is 3.01. The second-order valence-electron chi connectivity index (χ2n) is 5.96. The highest BCUT2D eigenvalue weighted by Crippen LogP contribution is 2.29. The second-order valence-corrected chi connectivity index (χ2v) is 5.96. The summed E-state index contributed by atoms with van der Waals surface area (Å²) < 4.78 is 2.03. The van der Waals surface area contributed by atoms with Gasteiger partial charge in [-0.3, -0.25) is 0 Å². The number of nitrogens with two attached hydrogens (primary N) is 1. The smallest absolute Gasteiger partial charge is 0.175 e. The number of nitrogen functional groups attached to an aromatic ring is 1. The van der Waals surface area contributed by atoms with Crippen LogP contribution in [-0.2, 0) is 7.05 Å². The lowest BCUT2D eigenvalue weighted by Crippen LogP contribution is -3.00. The Labute approximate surface area is 163 Å². The van der Waals surface area contributed by atoms with E-state index in [2.05, 4.69) is 36.5 Å². The first-order valence-electron chi connectivity index (χ1n) is 7.92. The Morgan fingerprint density at radius 1 is 0.920 bits per heavy atom. The van der Waals surface area contributed by atoms with E-state index < -0.39 is 0 Å². The summed E-state index contributed by atoms with van der Waals surface area (Å²) in [6, 6.07) is 18.3. The van der Waals surface area contributed by atoms with Crippen molar-refractivity contribution < 1.29 is 28.5 Å². The molecule has 0 spiro atoms. The summed E-state index contributed by atoms with van der Waals surface area (Å²) in [7, 11) is 2.02. The molecular weight excluding hydrogens is 421 g/mol. The van der Waals surface area contributed by atoms with Crippen LogP contribution in [0.3, 0.4) is 0 Å². The van der Waals surface area contributed by atoms with E-state index in [1.54, 1.807) is 0 Å². The summed E-state index contributed by atoms with van der Waals surface area (Å²) in [5.41, 5.74) is 9.82. The average Bonchev–Trinajstić information content (AvgIpc) is 2.59. The highest BCUT2D eigenvalue weighted by atomic mass is 127. The minimum atomic E-state index is 0. The molecule has 0 unspecified atom stereocenters. The van der Waals surface area contributed by atoms with Crippen molar-refractivity contribution in [3.63, 3.8) is 0 Å². The molecule has 0 aliphatic heterocycles. The number of hydrogen-bond acceptors (Lipinski definition) is 2. The summed E-state index contributed by atoms with van der Waals surface area (Å²) >= 11 is 0. The Kier molecular flexibility index (Phi) is 4.99. The van der Waals surface area contributed by atoms with E-state index in [0.717, 1.165) is 33.2 Å². The number of benzene rings is 2. The summed E-state index contributed by atoms with van der Waals surface area (Å²) in [4.78, 5) is 4.83. The fourth-order valence-corrected chi connectivity index (χ4v) is 3.01. The number of halogens is 1. The number of para-hydroxylation sites is 1. The van der Waals surface area contributed by atoms with Crippen molar-refractivity contribution in [3.05, 3.63) is 78.2 Å². The Morgan fingerprint density at radius 2 is 1.76 bits per heavy atom. The molecule has 0 aliphatic carbocycles. The zero-order chi connectivity index (χ0) is 16.5. The minimum absolute atomic E-state index is 0.